The Labute approximate surface area is 215 Å². The van der Waals surface area contributed by atoms with E-state index in [1.165, 1.54) is 5.56 Å². The van der Waals surface area contributed by atoms with Gasteiger partial charge in [0.1, 0.15) is 11.6 Å². The molecular formula is C29H32BrN3O2. The number of nitrogens with one attached hydrogen (secondary N) is 1. The van der Waals surface area contributed by atoms with Crippen molar-refractivity contribution >= 4 is 32.9 Å². The molecule has 0 saturated heterocycles. The molecule has 0 unspecified atom stereocenters. The van der Waals surface area contributed by atoms with Crippen LogP contribution in [0.5, 0.6) is 5.75 Å². The number of imidazole rings is 1. The zero-order valence-electron chi connectivity index (χ0n) is 20.3. The molecule has 0 fully saturated rings. The second-order valence-corrected chi connectivity index (χ2v) is 9.88. The van der Waals surface area contributed by atoms with Crippen LogP contribution in [-0.2, 0) is 13.0 Å². The fraction of sp³-hybridized carbons (Fsp3) is 0.310. The lowest BCUT2D eigenvalue weighted by molar-refractivity contribution is 0.0954. The van der Waals surface area contributed by atoms with Crippen molar-refractivity contribution in [2.45, 2.75) is 45.6 Å². The minimum atomic E-state index is -0.0764. The summed E-state index contributed by atoms with van der Waals surface area (Å²) in [5.74, 6) is 2.36. The third-order valence-corrected chi connectivity index (χ3v) is 6.54. The summed E-state index contributed by atoms with van der Waals surface area (Å²) in [7, 11) is 0. The second kappa shape index (κ2) is 12.0. The van der Waals surface area contributed by atoms with Crippen LogP contribution in [0, 0.1) is 0 Å². The Kier molecular flexibility index (Phi) is 8.59. The Bertz CT molecular complexity index is 1260. The average Bonchev–Trinajstić information content (AvgIpc) is 3.21. The zero-order valence-corrected chi connectivity index (χ0v) is 21.9. The summed E-state index contributed by atoms with van der Waals surface area (Å²) in [5.41, 5.74) is 4.09. The monoisotopic (exact) mass is 533 g/mol. The van der Waals surface area contributed by atoms with E-state index in [1.54, 1.807) is 0 Å². The van der Waals surface area contributed by atoms with E-state index in [1.807, 2.05) is 42.5 Å². The number of halogens is 1. The van der Waals surface area contributed by atoms with Crippen LogP contribution in [0.3, 0.4) is 0 Å². The maximum absolute atomic E-state index is 12.5. The van der Waals surface area contributed by atoms with Crippen molar-refractivity contribution in [3.05, 3.63) is 94.2 Å². The summed E-state index contributed by atoms with van der Waals surface area (Å²) in [6, 6.07) is 24.0. The number of aryl methyl sites for hydroxylation is 1. The Morgan fingerprint density at radius 3 is 2.60 bits per heavy atom. The van der Waals surface area contributed by atoms with Gasteiger partial charge < -0.3 is 14.6 Å². The van der Waals surface area contributed by atoms with Gasteiger partial charge in [-0.25, -0.2) is 4.98 Å². The first-order chi connectivity index (χ1) is 17.0. The number of para-hydroxylation sites is 2. The molecule has 0 aliphatic heterocycles. The van der Waals surface area contributed by atoms with Gasteiger partial charge in [-0.2, -0.15) is 0 Å². The summed E-state index contributed by atoms with van der Waals surface area (Å²) in [6.07, 6.45) is 2.62. The fourth-order valence-corrected chi connectivity index (χ4v) is 4.50. The normalized spacial score (nSPS) is 11.2. The average molecular weight is 534 g/mol. The number of rotatable bonds is 11. The number of nitrogens with zero attached hydrogens (tertiary/aromatic N) is 2. The lowest BCUT2D eigenvalue weighted by Crippen LogP contribution is -2.26. The summed E-state index contributed by atoms with van der Waals surface area (Å²) in [5, 5.41) is 3.02. The smallest absolute Gasteiger partial charge is 0.251 e. The molecule has 0 aliphatic carbocycles. The number of benzene rings is 3. The van der Waals surface area contributed by atoms with Crippen LogP contribution < -0.4 is 10.1 Å². The number of carbonyl (C=O) groups is 1. The Balaban J connectivity index is 1.31. The van der Waals surface area contributed by atoms with Crippen LogP contribution in [0.4, 0.5) is 0 Å². The van der Waals surface area contributed by atoms with E-state index in [0.29, 0.717) is 31.1 Å². The predicted molar refractivity (Wildman–Crippen MR) is 145 cm³/mol. The molecule has 4 aromatic rings. The predicted octanol–water partition coefficient (Wildman–Crippen LogP) is 6.75. The van der Waals surface area contributed by atoms with Gasteiger partial charge >= 0.3 is 0 Å². The van der Waals surface area contributed by atoms with E-state index in [-0.39, 0.29) is 5.91 Å². The molecule has 6 heteroatoms. The third-order valence-electron chi connectivity index (χ3n) is 6.05. The van der Waals surface area contributed by atoms with Crippen molar-refractivity contribution < 1.29 is 9.53 Å². The van der Waals surface area contributed by atoms with Crippen molar-refractivity contribution in [1.82, 2.24) is 14.9 Å². The Morgan fingerprint density at radius 1 is 1.03 bits per heavy atom. The highest BCUT2D eigenvalue weighted by Gasteiger charge is 2.12. The number of amides is 1. The van der Waals surface area contributed by atoms with Crippen molar-refractivity contribution in [3.63, 3.8) is 0 Å². The number of carbonyl (C=O) groups excluding carboxylic acids is 1. The van der Waals surface area contributed by atoms with Crippen molar-refractivity contribution in [2.75, 3.05) is 13.2 Å². The molecule has 1 heterocycles. The minimum Gasteiger partial charge on any atom is -0.494 e. The molecule has 0 saturated carbocycles. The highest BCUT2D eigenvalue weighted by atomic mass is 79.9. The Hall–Kier alpha value is -3.12. The SMILES string of the molecule is CC(C)c1ccc(OCCCCn2c(CCNC(=O)c3cccc(Br)c3)nc3ccccc32)cc1. The number of unbranched alkanes of at least 4 members (excludes halogenated alkanes) is 1. The summed E-state index contributed by atoms with van der Waals surface area (Å²) >= 11 is 3.42. The third kappa shape index (κ3) is 6.73. The second-order valence-electron chi connectivity index (χ2n) is 8.96. The fourth-order valence-electron chi connectivity index (χ4n) is 4.10. The van der Waals surface area contributed by atoms with Crippen molar-refractivity contribution in [2.24, 2.45) is 0 Å². The summed E-state index contributed by atoms with van der Waals surface area (Å²) in [4.78, 5) is 17.3. The largest absolute Gasteiger partial charge is 0.494 e. The van der Waals surface area contributed by atoms with E-state index in [4.69, 9.17) is 9.72 Å². The summed E-state index contributed by atoms with van der Waals surface area (Å²) in [6.45, 7) is 6.47. The van der Waals surface area contributed by atoms with Gasteiger partial charge in [0.2, 0.25) is 0 Å². The maximum atomic E-state index is 12.5. The molecule has 3 aromatic carbocycles. The lowest BCUT2D eigenvalue weighted by atomic mass is 10.0. The van der Waals surface area contributed by atoms with E-state index >= 15 is 0 Å². The first kappa shape index (κ1) is 25.0. The first-order valence-electron chi connectivity index (χ1n) is 12.2. The van der Waals surface area contributed by atoms with E-state index in [2.05, 4.69) is 70.0 Å². The van der Waals surface area contributed by atoms with Crippen LogP contribution in [0.25, 0.3) is 11.0 Å². The molecule has 5 nitrogen and oxygen atoms in total. The minimum absolute atomic E-state index is 0.0764. The van der Waals surface area contributed by atoms with Crippen LogP contribution in [0.1, 0.15) is 54.4 Å². The topological polar surface area (TPSA) is 56.1 Å². The molecular weight excluding hydrogens is 502 g/mol. The van der Waals surface area contributed by atoms with Crippen LogP contribution >= 0.6 is 15.9 Å². The zero-order chi connectivity index (χ0) is 24.6. The molecule has 182 valence electrons. The number of hydrogen-bond donors (Lipinski definition) is 1. The van der Waals surface area contributed by atoms with Gasteiger partial charge in [0.05, 0.1) is 17.6 Å². The van der Waals surface area contributed by atoms with Gasteiger partial charge in [-0.1, -0.05) is 60.1 Å². The highest BCUT2D eigenvalue weighted by Crippen LogP contribution is 2.20. The van der Waals surface area contributed by atoms with Gasteiger partial charge in [-0.05, 0) is 66.8 Å². The molecule has 35 heavy (non-hydrogen) atoms. The number of ether oxygens (including phenoxy) is 1. The lowest BCUT2D eigenvalue weighted by Gasteiger charge is -2.11. The van der Waals surface area contributed by atoms with Gasteiger partial charge in [-0.3, -0.25) is 4.79 Å². The van der Waals surface area contributed by atoms with Gasteiger partial charge in [0, 0.05) is 29.5 Å². The number of aromatic nitrogens is 2. The van der Waals surface area contributed by atoms with Crippen LogP contribution in [0.2, 0.25) is 0 Å². The van der Waals surface area contributed by atoms with Gasteiger partial charge in [0.25, 0.3) is 5.91 Å². The van der Waals surface area contributed by atoms with Crippen LogP contribution in [-0.4, -0.2) is 28.6 Å². The standard InChI is InChI=1S/C29H32BrN3O2/c1-21(2)22-12-14-25(15-13-22)35-19-6-5-18-33-27-11-4-3-10-26(27)32-28(33)16-17-31-29(34)23-8-7-9-24(30)20-23/h3-4,7-15,20-21H,5-6,16-19H2,1-2H3,(H,31,34). The quantitative estimate of drug-likeness (QED) is 0.217. The molecule has 0 aliphatic rings. The molecule has 0 radical (unpaired) electrons. The molecule has 0 atom stereocenters. The van der Waals surface area contributed by atoms with E-state index in [9.17, 15) is 4.79 Å². The number of hydrogen-bond acceptors (Lipinski definition) is 3. The van der Waals surface area contributed by atoms with E-state index < -0.39 is 0 Å². The van der Waals surface area contributed by atoms with Gasteiger partial charge in [0.15, 0.2) is 0 Å². The van der Waals surface area contributed by atoms with Crippen molar-refractivity contribution in [1.29, 1.82) is 0 Å². The molecule has 0 spiro atoms. The number of fused-ring (bicyclic) bond motifs is 1. The molecule has 1 N–H and O–H groups in total. The Morgan fingerprint density at radius 2 is 1.83 bits per heavy atom. The molecule has 0 bridgehead atoms. The van der Waals surface area contributed by atoms with Gasteiger partial charge in [-0.15, -0.1) is 0 Å². The van der Waals surface area contributed by atoms with Crippen LogP contribution in [0.15, 0.2) is 77.3 Å². The first-order valence-corrected chi connectivity index (χ1v) is 13.0. The molecule has 4 rings (SSSR count). The molecule has 1 aromatic heterocycles. The van der Waals surface area contributed by atoms with E-state index in [0.717, 1.165) is 46.5 Å². The highest BCUT2D eigenvalue weighted by molar-refractivity contribution is 9.10. The maximum Gasteiger partial charge on any atom is 0.251 e. The molecule has 1 amide bonds. The van der Waals surface area contributed by atoms with Crippen molar-refractivity contribution in [3.8, 4) is 5.75 Å². The summed E-state index contributed by atoms with van der Waals surface area (Å²) < 4.78 is 9.11.